The van der Waals surface area contributed by atoms with Gasteiger partial charge in [-0.2, -0.15) is 0 Å². The highest BCUT2D eigenvalue weighted by Crippen LogP contribution is 2.48. The molecule has 0 atom stereocenters. The van der Waals surface area contributed by atoms with Crippen LogP contribution in [0.15, 0.2) is 194 Å². The minimum Gasteiger partial charge on any atom is -0.311 e. The summed E-state index contributed by atoms with van der Waals surface area (Å²) in [6, 6.07) is 72.6. The topological polar surface area (TPSA) is 6.48 Å². The molecule has 13 rings (SSSR count). The maximum Gasteiger partial charge on any atom is 0.248 e. The second kappa shape index (κ2) is 11.3. The molecule has 3 aliphatic rings. The summed E-state index contributed by atoms with van der Waals surface area (Å²) in [5.74, 6) is 0. The van der Waals surface area contributed by atoms with Gasteiger partial charge in [-0.3, -0.25) is 0 Å². The molecule has 0 fully saturated rings. The third kappa shape index (κ3) is 3.93. The third-order valence-electron chi connectivity index (χ3n) is 12.8. The van der Waals surface area contributed by atoms with Crippen LogP contribution >= 0.6 is 0 Å². The molecule has 2 nitrogen and oxygen atoms in total. The molecule has 0 aliphatic carbocycles. The molecule has 0 N–H and O–H groups in total. The average molecular weight is 706 g/mol. The predicted octanol–water partition coefficient (Wildman–Crippen LogP) is 9.16. The summed E-state index contributed by atoms with van der Waals surface area (Å²) in [4.78, 5) is 5.04. The average Bonchev–Trinajstić information content (AvgIpc) is 3.61. The van der Waals surface area contributed by atoms with Crippen LogP contribution in [0.1, 0.15) is 0 Å². The van der Waals surface area contributed by atoms with Crippen molar-refractivity contribution in [3.05, 3.63) is 194 Å². The van der Waals surface area contributed by atoms with Crippen molar-refractivity contribution >= 4 is 113 Å². The minimum absolute atomic E-state index is 0.0713. The van der Waals surface area contributed by atoms with E-state index in [0.717, 1.165) is 0 Å². The van der Waals surface area contributed by atoms with Gasteiger partial charge < -0.3 is 9.80 Å². The van der Waals surface area contributed by atoms with Crippen LogP contribution in [-0.2, 0) is 0 Å². The molecule has 256 valence electrons. The molecule has 10 aromatic carbocycles. The lowest BCUT2D eigenvalue weighted by atomic mass is 9.34. The van der Waals surface area contributed by atoms with Crippen molar-refractivity contribution in [3.63, 3.8) is 0 Å². The summed E-state index contributed by atoms with van der Waals surface area (Å²) in [5.41, 5.74) is 18.3. The first-order chi connectivity index (χ1) is 27.8. The van der Waals surface area contributed by atoms with E-state index in [1.165, 1.54) is 110 Å². The summed E-state index contributed by atoms with van der Waals surface area (Å²) in [5, 5.41) is 7.85. The highest BCUT2D eigenvalue weighted by atomic mass is 15.2. The lowest BCUT2D eigenvalue weighted by Gasteiger charge is -2.39. The van der Waals surface area contributed by atoms with E-state index in [9.17, 15) is 0 Å². The second-order valence-corrected chi connectivity index (χ2v) is 15.5. The molecule has 0 saturated heterocycles. The molecule has 10 aromatic rings. The van der Waals surface area contributed by atoms with Crippen molar-refractivity contribution in [2.45, 2.75) is 0 Å². The Balaban J connectivity index is 1.16. The number of nitrogens with zero attached hydrogens (tertiary/aromatic N) is 2. The van der Waals surface area contributed by atoms with Crippen LogP contribution in [0.4, 0.5) is 34.1 Å². The van der Waals surface area contributed by atoms with Crippen LogP contribution < -0.4 is 42.6 Å². The van der Waals surface area contributed by atoms with Crippen molar-refractivity contribution in [3.8, 4) is 11.1 Å². The molecule has 0 aromatic heterocycles. The Hall–Kier alpha value is -7.03. The fourth-order valence-electron chi connectivity index (χ4n) is 10.7. The van der Waals surface area contributed by atoms with Gasteiger partial charge in [0.05, 0.1) is 0 Å². The molecule has 0 unspecified atom stereocenters. The Labute approximate surface area is 326 Å². The minimum atomic E-state index is 0.0713. The molecule has 3 heterocycles. The first-order valence-corrected chi connectivity index (χ1v) is 19.7. The molecule has 56 heavy (non-hydrogen) atoms. The van der Waals surface area contributed by atoms with E-state index < -0.39 is 0 Å². The van der Waals surface area contributed by atoms with E-state index in [1.54, 1.807) is 0 Å². The maximum absolute atomic E-state index is 2.55. The normalized spacial score (nSPS) is 13.6. The van der Waals surface area contributed by atoms with Crippen LogP contribution in [0.2, 0.25) is 0 Å². The van der Waals surface area contributed by atoms with Crippen molar-refractivity contribution in [2.24, 2.45) is 0 Å². The first kappa shape index (κ1) is 30.3. The van der Waals surface area contributed by atoms with E-state index >= 15 is 0 Å². The fraction of sp³-hybridized carbons (Fsp3) is 0. The van der Waals surface area contributed by atoms with E-state index in [1.807, 2.05) is 0 Å². The largest absolute Gasteiger partial charge is 0.311 e. The smallest absolute Gasteiger partial charge is 0.248 e. The molecule has 0 amide bonds. The van der Waals surface area contributed by atoms with Gasteiger partial charge >= 0.3 is 0 Å². The van der Waals surface area contributed by atoms with Crippen LogP contribution in [-0.4, -0.2) is 13.4 Å². The zero-order valence-corrected chi connectivity index (χ0v) is 30.5. The van der Waals surface area contributed by atoms with Crippen LogP contribution in [0.25, 0.3) is 43.4 Å². The molecular weight excluding hydrogens is 674 g/mol. The number of anilines is 6. The Bertz CT molecular complexity index is 3140. The molecular formula is C52H32B2N2. The number of hydrogen-bond donors (Lipinski definition) is 0. The Morgan fingerprint density at radius 3 is 1.71 bits per heavy atom. The Kier molecular flexibility index (Phi) is 6.09. The SMILES string of the molecule is c1ccc(B2c3ccccc3N(c3ccccc3)c3cc4ccc5c6c(cc7ccc(c32)c4c75)B2c3ccccc3-c3cccc(c32)N6c2ccccc2)cc1. The van der Waals surface area contributed by atoms with Crippen molar-refractivity contribution in [1.29, 1.82) is 0 Å². The van der Waals surface area contributed by atoms with E-state index in [2.05, 4.69) is 204 Å². The highest BCUT2D eigenvalue weighted by Gasteiger charge is 2.44. The summed E-state index contributed by atoms with van der Waals surface area (Å²) in [6.45, 7) is 0.238. The van der Waals surface area contributed by atoms with Gasteiger partial charge in [-0.15, -0.1) is 0 Å². The molecule has 0 radical (unpaired) electrons. The monoisotopic (exact) mass is 706 g/mol. The fourth-order valence-corrected chi connectivity index (χ4v) is 10.7. The summed E-state index contributed by atoms with van der Waals surface area (Å²) >= 11 is 0. The third-order valence-corrected chi connectivity index (χ3v) is 12.8. The van der Waals surface area contributed by atoms with E-state index in [4.69, 9.17) is 0 Å². The zero-order chi connectivity index (χ0) is 36.5. The highest BCUT2D eigenvalue weighted by molar-refractivity contribution is 7.02. The van der Waals surface area contributed by atoms with E-state index in [-0.39, 0.29) is 13.4 Å². The number of fused-ring (bicyclic) bond motifs is 9. The van der Waals surface area contributed by atoms with E-state index in [0.29, 0.717) is 0 Å². The summed E-state index contributed by atoms with van der Waals surface area (Å²) in [7, 11) is 0. The van der Waals surface area contributed by atoms with Gasteiger partial charge in [0.25, 0.3) is 0 Å². The quantitative estimate of drug-likeness (QED) is 0.134. The van der Waals surface area contributed by atoms with Gasteiger partial charge in [-0.05, 0) is 102 Å². The predicted molar refractivity (Wildman–Crippen MR) is 241 cm³/mol. The van der Waals surface area contributed by atoms with Crippen LogP contribution in [0, 0.1) is 0 Å². The molecule has 0 spiro atoms. The van der Waals surface area contributed by atoms with Crippen LogP contribution in [0.3, 0.4) is 0 Å². The van der Waals surface area contributed by atoms with Crippen molar-refractivity contribution in [1.82, 2.24) is 0 Å². The molecule has 4 heteroatoms. The summed E-state index contributed by atoms with van der Waals surface area (Å²) < 4.78 is 0. The van der Waals surface area contributed by atoms with Gasteiger partial charge in [-0.25, -0.2) is 0 Å². The number of rotatable bonds is 3. The number of para-hydroxylation sites is 3. The van der Waals surface area contributed by atoms with Crippen molar-refractivity contribution in [2.75, 3.05) is 9.80 Å². The lowest BCUT2D eigenvalue weighted by molar-refractivity contribution is 1.30. The number of hydrogen-bond acceptors (Lipinski definition) is 2. The summed E-state index contributed by atoms with van der Waals surface area (Å²) in [6.07, 6.45) is 0. The first-order valence-electron chi connectivity index (χ1n) is 19.7. The standard InChI is InChI=1S/C52H32B2N2/c1-4-15-35(16-5-1)53-43-24-12-13-25-45(43)55(36-17-6-2-7-18-36)47-32-34-28-30-41-49-33(27-29-40(48(34)49)51(47)53)31-44-52(41)56(37-19-8-3-9-20-37)46-26-14-22-39-38-21-10-11-23-42(38)54(44)50(39)46/h1-32H. The Morgan fingerprint density at radius 2 is 0.929 bits per heavy atom. The molecule has 0 saturated carbocycles. The lowest BCUT2D eigenvalue weighted by Crippen LogP contribution is -2.57. The van der Waals surface area contributed by atoms with Gasteiger partial charge in [0.2, 0.25) is 13.4 Å². The van der Waals surface area contributed by atoms with Crippen LogP contribution in [0.5, 0.6) is 0 Å². The number of benzene rings is 10. The molecule has 3 aliphatic heterocycles. The van der Waals surface area contributed by atoms with Crippen molar-refractivity contribution < 1.29 is 0 Å². The second-order valence-electron chi connectivity index (χ2n) is 15.5. The van der Waals surface area contributed by atoms with Gasteiger partial charge in [0.15, 0.2) is 0 Å². The molecule has 0 bridgehead atoms. The van der Waals surface area contributed by atoms with Gasteiger partial charge in [0.1, 0.15) is 0 Å². The van der Waals surface area contributed by atoms with Gasteiger partial charge in [-0.1, -0.05) is 163 Å². The zero-order valence-electron chi connectivity index (χ0n) is 30.5. The Morgan fingerprint density at radius 1 is 0.339 bits per heavy atom. The maximum atomic E-state index is 2.55. The van der Waals surface area contributed by atoms with Gasteiger partial charge in [0, 0.05) is 39.5 Å².